The number of aromatic nitrogens is 1. The predicted octanol–water partition coefficient (Wildman–Crippen LogP) is 3.38. The van der Waals surface area contributed by atoms with Crippen LogP contribution in [0.5, 0.6) is 0 Å². The van der Waals surface area contributed by atoms with Crippen molar-refractivity contribution in [3.63, 3.8) is 0 Å². The van der Waals surface area contributed by atoms with E-state index in [0.29, 0.717) is 11.6 Å². The predicted molar refractivity (Wildman–Crippen MR) is 102 cm³/mol. The molecular formula is C20H24ClN3O2. The average molecular weight is 374 g/mol. The highest BCUT2D eigenvalue weighted by Gasteiger charge is 2.32. The summed E-state index contributed by atoms with van der Waals surface area (Å²) in [7, 11) is 0. The van der Waals surface area contributed by atoms with Gasteiger partial charge in [-0.25, -0.2) is 0 Å². The van der Waals surface area contributed by atoms with E-state index in [4.69, 9.17) is 11.6 Å². The Morgan fingerprint density at radius 3 is 2.58 bits per heavy atom. The van der Waals surface area contributed by atoms with E-state index in [1.165, 1.54) is 0 Å². The second-order valence-corrected chi connectivity index (χ2v) is 7.33. The van der Waals surface area contributed by atoms with E-state index in [2.05, 4.69) is 9.88 Å². The molecule has 2 aromatic rings. The second-order valence-electron chi connectivity index (χ2n) is 6.89. The maximum atomic E-state index is 12.9. The number of carbonyl (C=O) groups excluding carboxylic acids is 2. The van der Waals surface area contributed by atoms with Crippen molar-refractivity contribution in [2.75, 3.05) is 6.54 Å². The molecule has 0 spiro atoms. The lowest BCUT2D eigenvalue weighted by Crippen LogP contribution is -2.42. The fourth-order valence-corrected chi connectivity index (χ4v) is 3.53. The summed E-state index contributed by atoms with van der Waals surface area (Å²) in [6.45, 7) is 5.21. The van der Waals surface area contributed by atoms with Gasteiger partial charge in [0, 0.05) is 48.9 Å². The van der Waals surface area contributed by atoms with Crippen LogP contribution in [-0.2, 0) is 16.1 Å². The highest BCUT2D eigenvalue weighted by molar-refractivity contribution is 6.30. The molecule has 3 rings (SSSR count). The largest absolute Gasteiger partial charge is 0.354 e. The standard InChI is InChI=1S/C20H24ClN3O2/c1-14(2)22-18(25)9-10-19(26)24-13-12-23-11-3-4-17(23)20(24)15-5-7-16(21)8-6-15/h3-8,11,14,20H,9-10,12-13H2,1-2H3,(H,22,25)/t20-/m1/s1. The van der Waals surface area contributed by atoms with E-state index in [0.717, 1.165) is 17.8 Å². The van der Waals surface area contributed by atoms with Crippen molar-refractivity contribution in [2.24, 2.45) is 0 Å². The van der Waals surface area contributed by atoms with Gasteiger partial charge in [0.25, 0.3) is 0 Å². The summed E-state index contributed by atoms with van der Waals surface area (Å²) >= 11 is 6.02. The van der Waals surface area contributed by atoms with Crippen molar-refractivity contribution in [1.29, 1.82) is 0 Å². The van der Waals surface area contributed by atoms with E-state index < -0.39 is 0 Å². The van der Waals surface area contributed by atoms with E-state index >= 15 is 0 Å². The van der Waals surface area contributed by atoms with E-state index in [-0.39, 0.29) is 36.7 Å². The Morgan fingerprint density at radius 1 is 1.15 bits per heavy atom. The first kappa shape index (κ1) is 18.5. The van der Waals surface area contributed by atoms with Gasteiger partial charge in [0.05, 0.1) is 6.04 Å². The van der Waals surface area contributed by atoms with Gasteiger partial charge in [0.15, 0.2) is 0 Å². The van der Waals surface area contributed by atoms with Crippen LogP contribution in [0.3, 0.4) is 0 Å². The van der Waals surface area contributed by atoms with Crippen LogP contribution in [0.15, 0.2) is 42.6 Å². The van der Waals surface area contributed by atoms with Gasteiger partial charge in [-0.3, -0.25) is 9.59 Å². The third-order valence-corrected chi connectivity index (χ3v) is 4.81. The van der Waals surface area contributed by atoms with Crippen molar-refractivity contribution in [3.8, 4) is 0 Å². The van der Waals surface area contributed by atoms with Crippen LogP contribution in [0, 0.1) is 0 Å². The van der Waals surface area contributed by atoms with E-state index in [1.54, 1.807) is 0 Å². The van der Waals surface area contributed by atoms with Crippen molar-refractivity contribution in [1.82, 2.24) is 14.8 Å². The zero-order valence-corrected chi connectivity index (χ0v) is 15.9. The Morgan fingerprint density at radius 2 is 1.88 bits per heavy atom. The molecule has 0 radical (unpaired) electrons. The number of hydrogen-bond acceptors (Lipinski definition) is 2. The summed E-state index contributed by atoms with van der Waals surface area (Å²) < 4.78 is 2.18. The number of rotatable bonds is 5. The van der Waals surface area contributed by atoms with Crippen LogP contribution < -0.4 is 5.32 Å². The molecular weight excluding hydrogens is 350 g/mol. The zero-order chi connectivity index (χ0) is 18.7. The van der Waals surface area contributed by atoms with Gasteiger partial charge >= 0.3 is 0 Å². The molecule has 138 valence electrons. The Kier molecular flexibility index (Phi) is 5.67. The van der Waals surface area contributed by atoms with Gasteiger partial charge in [-0.15, -0.1) is 0 Å². The fourth-order valence-electron chi connectivity index (χ4n) is 3.41. The van der Waals surface area contributed by atoms with E-state index in [9.17, 15) is 9.59 Å². The number of nitrogens with zero attached hydrogens (tertiary/aromatic N) is 2. The fraction of sp³-hybridized carbons (Fsp3) is 0.400. The van der Waals surface area contributed by atoms with Crippen LogP contribution in [0.25, 0.3) is 0 Å². The molecule has 0 saturated carbocycles. The molecule has 0 bridgehead atoms. The Balaban J connectivity index is 1.79. The lowest BCUT2D eigenvalue weighted by atomic mass is 9.99. The van der Waals surface area contributed by atoms with Gasteiger partial charge < -0.3 is 14.8 Å². The molecule has 1 atom stereocenters. The average Bonchev–Trinajstić information content (AvgIpc) is 3.08. The van der Waals surface area contributed by atoms with Gasteiger partial charge in [-0.05, 0) is 43.7 Å². The topological polar surface area (TPSA) is 54.3 Å². The minimum atomic E-state index is -0.156. The molecule has 1 aliphatic rings. The lowest BCUT2D eigenvalue weighted by Gasteiger charge is -2.37. The molecule has 1 aliphatic heterocycles. The molecule has 0 aliphatic carbocycles. The van der Waals surface area contributed by atoms with Crippen LogP contribution in [0.2, 0.25) is 5.02 Å². The molecule has 2 heterocycles. The maximum Gasteiger partial charge on any atom is 0.223 e. The molecule has 6 heteroatoms. The number of halogens is 1. The summed E-state index contributed by atoms with van der Waals surface area (Å²) in [6, 6.07) is 11.6. The van der Waals surface area contributed by atoms with Gasteiger partial charge in [-0.1, -0.05) is 23.7 Å². The number of nitrogens with one attached hydrogen (secondary N) is 1. The number of fused-ring (bicyclic) bond motifs is 1. The van der Waals surface area contributed by atoms with Gasteiger partial charge in [0.1, 0.15) is 0 Å². The van der Waals surface area contributed by atoms with Crippen molar-refractivity contribution < 1.29 is 9.59 Å². The summed E-state index contributed by atoms with van der Waals surface area (Å²) in [5.74, 6) is -0.0897. The number of carbonyl (C=O) groups is 2. The van der Waals surface area contributed by atoms with Gasteiger partial charge in [0.2, 0.25) is 11.8 Å². The first-order valence-corrected chi connectivity index (χ1v) is 9.33. The molecule has 0 unspecified atom stereocenters. The highest BCUT2D eigenvalue weighted by Crippen LogP contribution is 2.33. The minimum Gasteiger partial charge on any atom is -0.354 e. The van der Waals surface area contributed by atoms with Crippen molar-refractivity contribution in [3.05, 3.63) is 58.9 Å². The first-order chi connectivity index (χ1) is 12.5. The Labute approximate surface area is 158 Å². The number of hydrogen-bond donors (Lipinski definition) is 1. The summed E-state index contributed by atoms with van der Waals surface area (Å²) in [6.07, 6.45) is 2.46. The number of benzene rings is 1. The third kappa shape index (κ3) is 4.10. The Hall–Kier alpha value is -2.27. The SMILES string of the molecule is CC(C)NC(=O)CCC(=O)N1CCn2cccc2[C@H]1c1ccc(Cl)cc1. The van der Waals surface area contributed by atoms with Crippen LogP contribution >= 0.6 is 11.6 Å². The summed E-state index contributed by atoms with van der Waals surface area (Å²) in [5, 5.41) is 3.50. The lowest BCUT2D eigenvalue weighted by molar-refractivity contribution is -0.136. The Bertz CT molecular complexity index is 783. The molecule has 1 aromatic carbocycles. The maximum absolute atomic E-state index is 12.9. The molecule has 1 aromatic heterocycles. The van der Waals surface area contributed by atoms with Crippen LogP contribution in [0.4, 0.5) is 0 Å². The summed E-state index contributed by atoms with van der Waals surface area (Å²) in [5.41, 5.74) is 2.10. The van der Waals surface area contributed by atoms with Crippen LogP contribution in [-0.4, -0.2) is 33.9 Å². The first-order valence-electron chi connectivity index (χ1n) is 8.95. The highest BCUT2D eigenvalue weighted by atomic mass is 35.5. The quantitative estimate of drug-likeness (QED) is 0.873. The van der Waals surface area contributed by atoms with Crippen molar-refractivity contribution >= 4 is 23.4 Å². The normalized spacial score (nSPS) is 16.5. The molecule has 1 N–H and O–H groups in total. The minimum absolute atomic E-state index is 0.00342. The smallest absolute Gasteiger partial charge is 0.223 e. The summed E-state index contributed by atoms with van der Waals surface area (Å²) in [4.78, 5) is 26.6. The monoisotopic (exact) mass is 373 g/mol. The molecule has 0 fully saturated rings. The second kappa shape index (κ2) is 7.96. The molecule has 26 heavy (non-hydrogen) atoms. The van der Waals surface area contributed by atoms with Crippen molar-refractivity contribution in [2.45, 2.75) is 45.3 Å². The van der Waals surface area contributed by atoms with Gasteiger partial charge in [-0.2, -0.15) is 0 Å². The zero-order valence-electron chi connectivity index (χ0n) is 15.1. The van der Waals surface area contributed by atoms with E-state index in [1.807, 2.05) is 61.3 Å². The molecule has 5 nitrogen and oxygen atoms in total. The molecule has 0 saturated heterocycles. The third-order valence-electron chi connectivity index (χ3n) is 4.56. The molecule has 2 amide bonds. The number of amides is 2. The van der Waals surface area contributed by atoms with Crippen LogP contribution in [0.1, 0.15) is 44.0 Å².